The lowest BCUT2D eigenvalue weighted by atomic mass is 10.0. The van der Waals surface area contributed by atoms with E-state index in [-0.39, 0.29) is 29.6 Å². The van der Waals surface area contributed by atoms with Crippen molar-refractivity contribution in [1.82, 2.24) is 10.2 Å². The van der Waals surface area contributed by atoms with Gasteiger partial charge in [-0.1, -0.05) is 88.9 Å². The van der Waals surface area contributed by atoms with Crippen LogP contribution in [0.15, 0.2) is 102 Å². The van der Waals surface area contributed by atoms with E-state index in [4.69, 9.17) is 34.8 Å². The molecule has 0 spiro atoms. The fourth-order valence-corrected chi connectivity index (χ4v) is 6.82. The van der Waals surface area contributed by atoms with Crippen molar-refractivity contribution in [2.45, 2.75) is 50.7 Å². The SMILES string of the molecule is Cc1ccc(S(=O)(=O)N(CC(=O)N(Cc2c(Cl)cccc2Cl)[C@@H](Cc2ccccc2)C(=O)NC(C)C)c2ccc(Cl)cc2)cc1. The van der Waals surface area contributed by atoms with E-state index in [2.05, 4.69) is 5.32 Å². The highest BCUT2D eigenvalue weighted by molar-refractivity contribution is 7.92. The Morgan fingerprint density at radius 1 is 0.800 bits per heavy atom. The van der Waals surface area contributed by atoms with Crippen molar-refractivity contribution in [3.63, 3.8) is 0 Å². The number of anilines is 1. The van der Waals surface area contributed by atoms with E-state index < -0.39 is 34.4 Å². The number of amides is 2. The lowest BCUT2D eigenvalue weighted by Gasteiger charge is -2.34. The first-order valence-electron chi connectivity index (χ1n) is 14.3. The maximum Gasteiger partial charge on any atom is 0.264 e. The number of hydrogen-bond acceptors (Lipinski definition) is 4. The summed E-state index contributed by atoms with van der Waals surface area (Å²) in [6.45, 7) is 4.75. The van der Waals surface area contributed by atoms with Gasteiger partial charge < -0.3 is 10.2 Å². The van der Waals surface area contributed by atoms with Gasteiger partial charge in [-0.05, 0) is 74.9 Å². The zero-order valence-corrected chi connectivity index (χ0v) is 28.2. The molecule has 7 nitrogen and oxygen atoms in total. The first kappa shape index (κ1) is 34.3. The molecule has 0 radical (unpaired) electrons. The molecule has 0 aliphatic heterocycles. The second-order valence-electron chi connectivity index (χ2n) is 10.9. The van der Waals surface area contributed by atoms with Crippen LogP contribution in [-0.2, 0) is 32.6 Å². The predicted molar refractivity (Wildman–Crippen MR) is 181 cm³/mol. The fraction of sp³-hybridized carbons (Fsp3) is 0.235. The Morgan fingerprint density at radius 3 is 1.98 bits per heavy atom. The van der Waals surface area contributed by atoms with Crippen LogP contribution >= 0.6 is 34.8 Å². The van der Waals surface area contributed by atoms with Gasteiger partial charge in [-0.15, -0.1) is 0 Å². The first-order chi connectivity index (χ1) is 21.4. The van der Waals surface area contributed by atoms with Crippen LogP contribution in [0.2, 0.25) is 15.1 Å². The van der Waals surface area contributed by atoms with Crippen LogP contribution < -0.4 is 9.62 Å². The Kier molecular flexibility index (Phi) is 11.6. The maximum atomic E-state index is 14.5. The predicted octanol–water partition coefficient (Wildman–Crippen LogP) is 7.32. The van der Waals surface area contributed by atoms with Gasteiger partial charge >= 0.3 is 0 Å². The molecule has 0 unspecified atom stereocenters. The molecule has 0 saturated carbocycles. The van der Waals surface area contributed by atoms with Gasteiger partial charge in [0.1, 0.15) is 12.6 Å². The molecular formula is C34H34Cl3N3O4S. The van der Waals surface area contributed by atoms with Crippen molar-refractivity contribution >= 4 is 62.3 Å². The number of nitrogens with zero attached hydrogens (tertiary/aromatic N) is 2. The summed E-state index contributed by atoms with van der Waals surface area (Å²) in [5.74, 6) is -1.03. The zero-order chi connectivity index (χ0) is 32.7. The van der Waals surface area contributed by atoms with Gasteiger partial charge in [-0.25, -0.2) is 8.42 Å². The average molecular weight is 687 g/mol. The number of nitrogens with one attached hydrogen (secondary N) is 1. The normalized spacial score (nSPS) is 12.1. The Morgan fingerprint density at radius 2 is 1.40 bits per heavy atom. The maximum absolute atomic E-state index is 14.5. The van der Waals surface area contributed by atoms with Gasteiger partial charge in [0, 0.05) is 39.6 Å². The Balaban J connectivity index is 1.83. The molecule has 11 heteroatoms. The summed E-state index contributed by atoms with van der Waals surface area (Å²) in [6, 6.07) is 25.5. The van der Waals surface area contributed by atoms with Crippen molar-refractivity contribution < 1.29 is 18.0 Å². The van der Waals surface area contributed by atoms with Gasteiger partial charge in [0.05, 0.1) is 10.6 Å². The molecule has 236 valence electrons. The smallest absolute Gasteiger partial charge is 0.264 e. The third kappa shape index (κ3) is 8.79. The lowest BCUT2D eigenvalue weighted by molar-refractivity contribution is -0.140. The minimum Gasteiger partial charge on any atom is -0.352 e. The monoisotopic (exact) mass is 685 g/mol. The molecule has 1 N–H and O–H groups in total. The van der Waals surface area contributed by atoms with E-state index in [0.717, 1.165) is 15.4 Å². The summed E-state index contributed by atoms with van der Waals surface area (Å²) in [7, 11) is -4.24. The number of carbonyl (C=O) groups excluding carboxylic acids is 2. The summed E-state index contributed by atoms with van der Waals surface area (Å²) >= 11 is 19.2. The van der Waals surface area contributed by atoms with E-state index >= 15 is 0 Å². The van der Waals surface area contributed by atoms with Crippen molar-refractivity contribution in [2.75, 3.05) is 10.8 Å². The molecule has 0 bridgehead atoms. The summed E-state index contributed by atoms with van der Waals surface area (Å²) in [4.78, 5) is 29.7. The van der Waals surface area contributed by atoms with E-state index in [9.17, 15) is 18.0 Å². The zero-order valence-electron chi connectivity index (χ0n) is 25.1. The van der Waals surface area contributed by atoms with Crippen LogP contribution in [0.25, 0.3) is 0 Å². The summed E-state index contributed by atoms with van der Waals surface area (Å²) in [5.41, 5.74) is 2.36. The van der Waals surface area contributed by atoms with Crippen LogP contribution in [0, 0.1) is 6.92 Å². The Bertz CT molecular complexity index is 1710. The molecule has 0 fully saturated rings. The molecule has 0 aromatic heterocycles. The molecular weight excluding hydrogens is 653 g/mol. The lowest BCUT2D eigenvalue weighted by Crippen LogP contribution is -2.54. The second kappa shape index (κ2) is 15.1. The van der Waals surface area contributed by atoms with Crippen LogP contribution in [0.5, 0.6) is 0 Å². The quantitative estimate of drug-likeness (QED) is 0.169. The van der Waals surface area contributed by atoms with Crippen molar-refractivity contribution in [3.8, 4) is 0 Å². The van der Waals surface area contributed by atoms with Gasteiger partial charge in [0.2, 0.25) is 11.8 Å². The molecule has 45 heavy (non-hydrogen) atoms. The average Bonchev–Trinajstić information content (AvgIpc) is 2.99. The number of sulfonamides is 1. The number of aryl methyl sites for hydroxylation is 1. The molecule has 1 atom stereocenters. The number of halogens is 3. The van der Waals surface area contributed by atoms with Gasteiger partial charge in [-0.3, -0.25) is 13.9 Å². The molecule has 2 amide bonds. The standard InChI is InChI=1S/C34H34Cl3N3O4S/c1-23(2)38-34(42)32(20-25-8-5-4-6-9-25)39(21-29-30(36)10-7-11-31(29)37)33(41)22-40(27-16-14-26(35)15-17-27)45(43,44)28-18-12-24(3)13-19-28/h4-19,23,32H,20-22H2,1-3H3,(H,38,42)/t32-/m0/s1. The first-order valence-corrected chi connectivity index (χ1v) is 16.9. The van der Waals surface area contributed by atoms with Crippen LogP contribution in [-0.4, -0.2) is 43.8 Å². The molecule has 0 heterocycles. The van der Waals surface area contributed by atoms with Crippen LogP contribution in [0.4, 0.5) is 5.69 Å². The summed E-state index contributed by atoms with van der Waals surface area (Å²) in [5, 5.41) is 3.94. The highest BCUT2D eigenvalue weighted by Gasteiger charge is 2.35. The highest BCUT2D eigenvalue weighted by Crippen LogP contribution is 2.29. The Labute approximate surface area is 279 Å². The Hall–Kier alpha value is -3.56. The molecule has 0 saturated heterocycles. The highest BCUT2D eigenvalue weighted by atomic mass is 35.5. The fourth-order valence-electron chi connectivity index (χ4n) is 4.76. The third-order valence-electron chi connectivity index (χ3n) is 7.09. The van der Waals surface area contributed by atoms with Crippen molar-refractivity contribution in [2.24, 2.45) is 0 Å². The molecule has 4 aromatic rings. The molecule has 0 aliphatic carbocycles. The van der Waals surface area contributed by atoms with Crippen LogP contribution in [0.3, 0.4) is 0 Å². The molecule has 4 aromatic carbocycles. The second-order valence-corrected chi connectivity index (χ2v) is 14.0. The van der Waals surface area contributed by atoms with Crippen molar-refractivity contribution in [3.05, 3.63) is 129 Å². The largest absolute Gasteiger partial charge is 0.352 e. The van der Waals surface area contributed by atoms with Crippen molar-refractivity contribution in [1.29, 1.82) is 0 Å². The van der Waals surface area contributed by atoms with Gasteiger partial charge in [-0.2, -0.15) is 0 Å². The number of benzene rings is 4. The number of hydrogen-bond donors (Lipinski definition) is 1. The third-order valence-corrected chi connectivity index (χ3v) is 9.84. The van der Waals surface area contributed by atoms with E-state index in [1.807, 2.05) is 51.1 Å². The number of carbonyl (C=O) groups is 2. The summed E-state index contributed by atoms with van der Waals surface area (Å²) in [6.07, 6.45) is 0.166. The van der Waals surface area contributed by atoms with E-state index in [0.29, 0.717) is 20.6 Å². The number of rotatable bonds is 12. The van der Waals surface area contributed by atoms with E-state index in [1.54, 1.807) is 42.5 Å². The van der Waals surface area contributed by atoms with Gasteiger partial charge in [0.25, 0.3) is 10.0 Å². The van der Waals surface area contributed by atoms with Gasteiger partial charge in [0.15, 0.2) is 0 Å². The molecule has 4 rings (SSSR count). The van der Waals surface area contributed by atoms with Crippen LogP contribution in [0.1, 0.15) is 30.5 Å². The topological polar surface area (TPSA) is 86.8 Å². The minimum atomic E-state index is -4.24. The molecule has 0 aliphatic rings. The minimum absolute atomic E-state index is 0.00920. The van der Waals surface area contributed by atoms with E-state index in [1.165, 1.54) is 29.2 Å². The summed E-state index contributed by atoms with van der Waals surface area (Å²) < 4.78 is 29.2.